The molecular formula is C16H19ClN2O6. The molecule has 0 bridgehead atoms. The lowest BCUT2D eigenvalue weighted by molar-refractivity contribution is -0.156. The first-order valence-electron chi connectivity index (χ1n) is 7.53. The maximum Gasteiger partial charge on any atom is 0.337 e. The SMILES string of the molecule is COc1ccc(Cl)cc1N1CC(C(=O)NCC(C)(O)C(=O)O)CC1=O. The normalized spacial score (nSPS) is 19.4. The number of benzene rings is 1. The van der Waals surface area contributed by atoms with Crippen LogP contribution in [0.15, 0.2) is 18.2 Å². The average Bonchev–Trinajstić information content (AvgIpc) is 2.94. The molecular weight excluding hydrogens is 352 g/mol. The van der Waals surface area contributed by atoms with E-state index < -0.39 is 29.9 Å². The highest BCUT2D eigenvalue weighted by atomic mass is 35.5. The Labute approximate surface area is 149 Å². The molecule has 0 aromatic heterocycles. The number of halogens is 1. The van der Waals surface area contributed by atoms with E-state index in [0.29, 0.717) is 16.5 Å². The number of aliphatic hydroxyl groups is 1. The molecule has 1 saturated heterocycles. The Balaban J connectivity index is 2.09. The topological polar surface area (TPSA) is 116 Å². The van der Waals surface area contributed by atoms with E-state index in [1.54, 1.807) is 18.2 Å². The number of carboxylic acid groups (broad SMARTS) is 1. The molecule has 0 aliphatic carbocycles. The standard InChI is InChI=1S/C16H19ClN2O6/c1-16(24,15(22)23)8-18-14(21)9-5-13(20)19(7-9)11-6-10(17)3-4-12(11)25-2/h3-4,6,9,24H,5,7-8H2,1-2H3,(H,18,21)(H,22,23). The van der Waals surface area contributed by atoms with Crippen molar-refractivity contribution in [2.75, 3.05) is 25.1 Å². The number of nitrogens with one attached hydrogen (secondary N) is 1. The van der Waals surface area contributed by atoms with Crippen molar-refractivity contribution < 1.29 is 29.3 Å². The maximum absolute atomic E-state index is 12.3. The van der Waals surface area contributed by atoms with Crippen LogP contribution in [0.2, 0.25) is 5.02 Å². The van der Waals surface area contributed by atoms with Crippen molar-refractivity contribution in [3.63, 3.8) is 0 Å². The second kappa shape index (κ2) is 7.28. The fourth-order valence-electron chi connectivity index (χ4n) is 2.47. The molecule has 25 heavy (non-hydrogen) atoms. The van der Waals surface area contributed by atoms with Gasteiger partial charge >= 0.3 is 5.97 Å². The molecule has 0 spiro atoms. The highest BCUT2D eigenvalue weighted by Crippen LogP contribution is 2.35. The largest absolute Gasteiger partial charge is 0.495 e. The second-order valence-corrected chi connectivity index (χ2v) is 6.45. The van der Waals surface area contributed by atoms with Crippen LogP contribution in [0, 0.1) is 5.92 Å². The van der Waals surface area contributed by atoms with Gasteiger partial charge in [0.15, 0.2) is 5.60 Å². The van der Waals surface area contributed by atoms with E-state index in [9.17, 15) is 19.5 Å². The van der Waals surface area contributed by atoms with Crippen molar-refractivity contribution >= 4 is 35.1 Å². The number of methoxy groups -OCH3 is 1. The summed E-state index contributed by atoms with van der Waals surface area (Å²) in [6.07, 6.45) is -0.0310. The molecule has 2 rings (SSSR count). The Morgan fingerprint density at radius 1 is 1.48 bits per heavy atom. The van der Waals surface area contributed by atoms with E-state index in [4.69, 9.17) is 21.4 Å². The van der Waals surface area contributed by atoms with Gasteiger partial charge in [-0.25, -0.2) is 4.79 Å². The van der Waals surface area contributed by atoms with Crippen LogP contribution in [0.5, 0.6) is 5.75 Å². The number of ether oxygens (including phenoxy) is 1. The molecule has 2 unspecified atom stereocenters. The predicted octanol–water partition coefficient (Wildman–Crippen LogP) is 0.653. The zero-order chi connectivity index (χ0) is 18.8. The fraction of sp³-hybridized carbons (Fsp3) is 0.438. The lowest BCUT2D eigenvalue weighted by Gasteiger charge is -2.21. The van der Waals surface area contributed by atoms with E-state index >= 15 is 0 Å². The van der Waals surface area contributed by atoms with Gasteiger partial charge in [-0.3, -0.25) is 9.59 Å². The van der Waals surface area contributed by atoms with Gasteiger partial charge < -0.3 is 25.2 Å². The molecule has 2 atom stereocenters. The molecule has 9 heteroatoms. The molecule has 1 fully saturated rings. The maximum atomic E-state index is 12.3. The van der Waals surface area contributed by atoms with Crippen molar-refractivity contribution in [3.05, 3.63) is 23.2 Å². The molecule has 1 aromatic carbocycles. The van der Waals surface area contributed by atoms with Crippen molar-refractivity contribution in [1.29, 1.82) is 0 Å². The Bertz CT molecular complexity index is 706. The van der Waals surface area contributed by atoms with E-state index in [1.165, 1.54) is 12.0 Å². The zero-order valence-corrected chi connectivity index (χ0v) is 14.5. The fourth-order valence-corrected chi connectivity index (χ4v) is 2.64. The molecule has 0 saturated carbocycles. The predicted molar refractivity (Wildman–Crippen MR) is 89.7 cm³/mol. The third-order valence-electron chi connectivity index (χ3n) is 4.00. The number of carbonyl (C=O) groups excluding carboxylic acids is 2. The number of nitrogens with zero attached hydrogens (tertiary/aromatic N) is 1. The summed E-state index contributed by atoms with van der Waals surface area (Å²) >= 11 is 5.97. The molecule has 136 valence electrons. The second-order valence-electron chi connectivity index (χ2n) is 6.02. The molecule has 1 aliphatic rings. The number of rotatable bonds is 6. The number of aliphatic carboxylic acids is 1. The average molecular weight is 371 g/mol. The van der Waals surface area contributed by atoms with Crippen LogP contribution in [-0.4, -0.2) is 53.8 Å². The number of anilines is 1. The van der Waals surface area contributed by atoms with Gasteiger partial charge in [0.05, 0.1) is 25.3 Å². The van der Waals surface area contributed by atoms with Crippen LogP contribution in [0.25, 0.3) is 0 Å². The Morgan fingerprint density at radius 3 is 2.76 bits per heavy atom. The minimum absolute atomic E-state index is 0.0310. The van der Waals surface area contributed by atoms with E-state index in [1.807, 2.05) is 0 Å². The summed E-state index contributed by atoms with van der Waals surface area (Å²) in [4.78, 5) is 36.8. The molecule has 2 amide bonds. The minimum Gasteiger partial charge on any atom is -0.495 e. The van der Waals surface area contributed by atoms with Crippen LogP contribution >= 0.6 is 11.6 Å². The van der Waals surface area contributed by atoms with Crippen LogP contribution in [0.3, 0.4) is 0 Å². The van der Waals surface area contributed by atoms with Crippen LogP contribution in [0.4, 0.5) is 5.69 Å². The molecule has 8 nitrogen and oxygen atoms in total. The van der Waals surface area contributed by atoms with Crippen LogP contribution < -0.4 is 15.0 Å². The summed E-state index contributed by atoms with van der Waals surface area (Å²) in [7, 11) is 1.46. The van der Waals surface area contributed by atoms with E-state index in [-0.39, 0.29) is 18.9 Å². The molecule has 1 heterocycles. The highest BCUT2D eigenvalue weighted by molar-refractivity contribution is 6.31. The minimum atomic E-state index is -2.08. The lowest BCUT2D eigenvalue weighted by atomic mass is 10.1. The van der Waals surface area contributed by atoms with Crippen LogP contribution in [0.1, 0.15) is 13.3 Å². The van der Waals surface area contributed by atoms with Gasteiger partial charge in [0, 0.05) is 18.0 Å². The first-order valence-corrected chi connectivity index (χ1v) is 7.91. The summed E-state index contributed by atoms with van der Waals surface area (Å²) in [5.41, 5.74) is -1.61. The lowest BCUT2D eigenvalue weighted by Crippen LogP contribution is -2.48. The first-order chi connectivity index (χ1) is 11.7. The van der Waals surface area contributed by atoms with Gasteiger partial charge in [0.25, 0.3) is 0 Å². The third-order valence-corrected chi connectivity index (χ3v) is 4.23. The quantitative estimate of drug-likeness (QED) is 0.677. The third kappa shape index (κ3) is 4.21. The highest BCUT2D eigenvalue weighted by Gasteiger charge is 2.38. The number of hydrogen-bond acceptors (Lipinski definition) is 5. The zero-order valence-electron chi connectivity index (χ0n) is 13.8. The van der Waals surface area contributed by atoms with Crippen molar-refractivity contribution in [2.24, 2.45) is 5.92 Å². The van der Waals surface area contributed by atoms with Crippen molar-refractivity contribution in [2.45, 2.75) is 18.9 Å². The van der Waals surface area contributed by atoms with Crippen molar-refractivity contribution in [3.8, 4) is 5.75 Å². The van der Waals surface area contributed by atoms with Gasteiger partial charge in [0.2, 0.25) is 11.8 Å². The van der Waals surface area contributed by atoms with Gasteiger partial charge in [-0.1, -0.05) is 11.6 Å². The van der Waals surface area contributed by atoms with Gasteiger partial charge in [-0.2, -0.15) is 0 Å². The molecule has 1 aliphatic heterocycles. The Kier molecular flexibility index (Phi) is 5.54. The molecule has 3 N–H and O–H groups in total. The summed E-state index contributed by atoms with van der Waals surface area (Å²) < 4.78 is 5.22. The van der Waals surface area contributed by atoms with Gasteiger partial charge in [-0.05, 0) is 25.1 Å². The van der Waals surface area contributed by atoms with E-state index in [2.05, 4.69) is 5.32 Å². The summed E-state index contributed by atoms with van der Waals surface area (Å²) in [5.74, 6) is -2.43. The molecule has 0 radical (unpaired) electrons. The number of carboxylic acids is 1. The number of carbonyl (C=O) groups is 3. The number of amides is 2. The van der Waals surface area contributed by atoms with E-state index in [0.717, 1.165) is 6.92 Å². The van der Waals surface area contributed by atoms with Gasteiger partial charge in [-0.15, -0.1) is 0 Å². The smallest absolute Gasteiger partial charge is 0.337 e. The number of hydrogen-bond donors (Lipinski definition) is 3. The van der Waals surface area contributed by atoms with Gasteiger partial charge in [0.1, 0.15) is 5.75 Å². The summed E-state index contributed by atoms with van der Waals surface area (Å²) in [5, 5.41) is 21.3. The van der Waals surface area contributed by atoms with Crippen LogP contribution in [-0.2, 0) is 14.4 Å². The molecule has 1 aromatic rings. The summed E-state index contributed by atoms with van der Waals surface area (Å²) in [6, 6.07) is 4.83. The first kappa shape index (κ1) is 19.0. The summed E-state index contributed by atoms with van der Waals surface area (Å²) in [6.45, 7) is 0.738. The monoisotopic (exact) mass is 370 g/mol. The van der Waals surface area contributed by atoms with Crippen molar-refractivity contribution in [1.82, 2.24) is 5.32 Å². The Hall–Kier alpha value is -2.32. The Morgan fingerprint density at radius 2 is 2.16 bits per heavy atom.